The van der Waals surface area contributed by atoms with Gasteiger partial charge in [-0.15, -0.1) is 20.4 Å². The van der Waals surface area contributed by atoms with Crippen LogP contribution in [0, 0.1) is 5.82 Å². The second-order valence-corrected chi connectivity index (χ2v) is 12.0. The summed E-state index contributed by atoms with van der Waals surface area (Å²) in [7, 11) is 3.24. The van der Waals surface area contributed by atoms with Gasteiger partial charge < -0.3 is 18.9 Å². The molecule has 0 unspecified atom stereocenters. The monoisotopic (exact) mass is 742 g/mol. The Morgan fingerprint density at radius 3 is 1.76 bits per heavy atom. The molecule has 6 heterocycles. The first-order chi connectivity index (χ1) is 26.4. The van der Waals surface area contributed by atoms with Crippen LogP contribution < -0.4 is 18.9 Å². The number of hydrogen-bond donors (Lipinski definition) is 0. The first-order valence-corrected chi connectivity index (χ1v) is 16.8. The molecule has 9 aromatic rings. The fourth-order valence-electron chi connectivity index (χ4n) is 5.62. The Kier molecular flexibility index (Phi) is 9.43. The molecule has 0 bridgehead atoms. The van der Waals surface area contributed by atoms with Crippen LogP contribution in [0.3, 0.4) is 0 Å². The quantitative estimate of drug-likeness (QED) is 0.150. The SMILES string of the molecule is COc1ccc2c(OCc3nnc4ccc(-c5cccc(F)c5)nn34)ccnc2c1.COc1ccc2c(OCc3nnc4ccc(Cl)nn34)ccnc2c1. The summed E-state index contributed by atoms with van der Waals surface area (Å²) in [6.45, 7) is 0.367. The lowest BCUT2D eigenvalue weighted by molar-refractivity contribution is 0.296. The van der Waals surface area contributed by atoms with Gasteiger partial charge in [-0.1, -0.05) is 23.7 Å². The Hall–Kier alpha value is -7.00. The molecule has 0 aliphatic carbocycles. The van der Waals surface area contributed by atoms with E-state index in [1.54, 1.807) is 84.2 Å². The molecule has 0 radical (unpaired) electrons. The highest BCUT2D eigenvalue weighted by Gasteiger charge is 2.13. The van der Waals surface area contributed by atoms with Crippen molar-refractivity contribution in [3.8, 4) is 34.3 Å². The van der Waals surface area contributed by atoms with Gasteiger partial charge in [-0.05, 0) is 72.8 Å². The zero-order chi connectivity index (χ0) is 37.0. The highest BCUT2D eigenvalue weighted by Crippen LogP contribution is 2.29. The molecule has 0 saturated carbocycles. The number of fused-ring (bicyclic) bond motifs is 4. The lowest BCUT2D eigenvalue weighted by Crippen LogP contribution is -2.05. The van der Waals surface area contributed by atoms with Gasteiger partial charge in [0.15, 0.2) is 22.9 Å². The van der Waals surface area contributed by atoms with Gasteiger partial charge in [0, 0.05) is 40.9 Å². The highest BCUT2D eigenvalue weighted by atomic mass is 35.5. The van der Waals surface area contributed by atoms with Crippen molar-refractivity contribution in [2.45, 2.75) is 13.2 Å². The standard InChI is InChI=1S/C22H16FN5O2.C16H12ClN5O2/c1-29-16-5-6-17-19(12-16)24-10-9-20(17)30-13-22-26-25-21-8-7-18(27-28(21)22)14-3-2-4-15(23)11-14;1-23-10-2-3-11-12(8-10)18-7-6-13(11)24-9-16-20-19-15-5-4-14(17)21-22(15)16/h2-12H,13H2,1H3;2-8H,9H2,1H3. The number of ether oxygens (including phenoxy) is 4. The van der Waals surface area contributed by atoms with Gasteiger partial charge in [0.2, 0.25) is 0 Å². The molecule has 0 aliphatic heterocycles. The molecule has 9 rings (SSSR count). The van der Waals surface area contributed by atoms with Crippen LogP contribution in [-0.2, 0) is 13.2 Å². The molecule has 0 aliphatic rings. The number of rotatable bonds is 9. The average molecular weight is 743 g/mol. The van der Waals surface area contributed by atoms with Gasteiger partial charge in [0.1, 0.15) is 47.2 Å². The van der Waals surface area contributed by atoms with Crippen molar-refractivity contribution in [1.29, 1.82) is 0 Å². The largest absolute Gasteiger partial charge is 0.497 e. The van der Waals surface area contributed by atoms with Crippen LogP contribution in [-0.4, -0.2) is 63.8 Å². The lowest BCUT2D eigenvalue weighted by Gasteiger charge is -2.09. The van der Waals surface area contributed by atoms with Crippen molar-refractivity contribution < 1.29 is 23.3 Å². The Bertz CT molecular complexity index is 2780. The molecule has 14 nitrogen and oxygen atoms in total. The van der Waals surface area contributed by atoms with Gasteiger partial charge in [0.25, 0.3) is 0 Å². The molecule has 0 saturated heterocycles. The van der Waals surface area contributed by atoms with Crippen molar-refractivity contribution in [2.75, 3.05) is 14.2 Å². The lowest BCUT2D eigenvalue weighted by atomic mass is 10.1. The van der Waals surface area contributed by atoms with E-state index in [9.17, 15) is 4.39 Å². The summed E-state index contributed by atoms with van der Waals surface area (Å²) in [5.41, 5.74) is 4.04. The van der Waals surface area contributed by atoms with Gasteiger partial charge in [0.05, 0.1) is 30.9 Å². The average Bonchev–Trinajstić information content (AvgIpc) is 3.81. The van der Waals surface area contributed by atoms with Gasteiger partial charge >= 0.3 is 0 Å². The van der Waals surface area contributed by atoms with Crippen molar-refractivity contribution in [1.82, 2.24) is 49.6 Å². The number of methoxy groups -OCH3 is 2. The number of aromatic nitrogens is 10. The fourth-order valence-corrected chi connectivity index (χ4v) is 5.76. The van der Waals surface area contributed by atoms with Crippen molar-refractivity contribution in [3.05, 3.63) is 132 Å². The van der Waals surface area contributed by atoms with E-state index in [4.69, 9.17) is 30.5 Å². The predicted octanol–water partition coefficient (Wildman–Crippen LogP) is 6.98. The third-order valence-electron chi connectivity index (χ3n) is 8.28. The van der Waals surface area contributed by atoms with Crippen LogP contribution in [0.25, 0.3) is 44.4 Å². The van der Waals surface area contributed by atoms with Crippen molar-refractivity contribution in [2.24, 2.45) is 0 Å². The third-order valence-corrected chi connectivity index (χ3v) is 8.48. The summed E-state index contributed by atoms with van der Waals surface area (Å²) in [4.78, 5) is 8.70. The molecule has 3 aromatic carbocycles. The first-order valence-electron chi connectivity index (χ1n) is 16.4. The second-order valence-electron chi connectivity index (χ2n) is 11.6. The minimum absolute atomic E-state index is 0.159. The highest BCUT2D eigenvalue weighted by molar-refractivity contribution is 6.29. The summed E-state index contributed by atoms with van der Waals surface area (Å²) in [5.74, 6) is 3.61. The van der Waals surface area contributed by atoms with E-state index in [1.807, 2.05) is 36.4 Å². The van der Waals surface area contributed by atoms with E-state index in [-0.39, 0.29) is 19.0 Å². The molecule has 54 heavy (non-hydrogen) atoms. The van der Waals surface area contributed by atoms with E-state index < -0.39 is 0 Å². The van der Waals surface area contributed by atoms with Crippen LogP contribution in [0.4, 0.5) is 4.39 Å². The maximum Gasteiger partial charge on any atom is 0.192 e. The molecule has 0 N–H and O–H groups in total. The van der Waals surface area contributed by atoms with Crippen molar-refractivity contribution >= 4 is 44.7 Å². The molecule has 0 spiro atoms. The number of benzene rings is 3. The number of halogens is 2. The van der Waals surface area contributed by atoms with Crippen LogP contribution >= 0.6 is 11.6 Å². The van der Waals surface area contributed by atoms with Crippen LogP contribution in [0.15, 0.2) is 109 Å². The summed E-state index contributed by atoms with van der Waals surface area (Å²) >= 11 is 5.92. The topological polar surface area (TPSA) is 149 Å². The minimum atomic E-state index is -0.317. The first kappa shape index (κ1) is 34.1. The molecular weight excluding hydrogens is 715 g/mol. The minimum Gasteiger partial charge on any atom is -0.497 e. The molecular formula is C38H28ClFN10O4. The Balaban J connectivity index is 0.000000157. The molecule has 0 fully saturated rings. The number of pyridine rings is 2. The summed E-state index contributed by atoms with van der Waals surface area (Å²) in [6, 6.07) is 28.1. The van der Waals surface area contributed by atoms with E-state index in [0.717, 1.165) is 33.3 Å². The summed E-state index contributed by atoms with van der Waals surface area (Å²) in [5, 5.41) is 27.3. The van der Waals surface area contributed by atoms with E-state index >= 15 is 0 Å². The molecule has 16 heteroatoms. The van der Waals surface area contributed by atoms with E-state index in [1.165, 1.54) is 12.1 Å². The fraction of sp³-hybridized carbons (Fsp3) is 0.105. The predicted molar refractivity (Wildman–Crippen MR) is 197 cm³/mol. The van der Waals surface area contributed by atoms with Gasteiger partial charge in [-0.25, -0.2) is 4.39 Å². The number of nitrogens with zero attached hydrogens (tertiary/aromatic N) is 10. The van der Waals surface area contributed by atoms with Gasteiger partial charge in [-0.3, -0.25) is 9.97 Å². The Labute approximate surface area is 310 Å². The molecule has 6 aromatic heterocycles. The van der Waals surface area contributed by atoms with Crippen LogP contribution in [0.2, 0.25) is 5.15 Å². The normalized spacial score (nSPS) is 11.1. The summed E-state index contributed by atoms with van der Waals surface area (Å²) < 4.78 is 39.1. The molecule has 0 atom stereocenters. The van der Waals surface area contributed by atoms with Crippen LogP contribution in [0.5, 0.6) is 23.0 Å². The van der Waals surface area contributed by atoms with Gasteiger partial charge in [-0.2, -0.15) is 19.2 Å². The number of hydrogen-bond acceptors (Lipinski definition) is 12. The maximum absolute atomic E-state index is 13.6. The zero-order valence-corrected chi connectivity index (χ0v) is 29.4. The van der Waals surface area contributed by atoms with E-state index in [0.29, 0.717) is 50.9 Å². The Morgan fingerprint density at radius 2 is 1.19 bits per heavy atom. The van der Waals surface area contributed by atoms with E-state index in [2.05, 4.69) is 40.6 Å². The smallest absolute Gasteiger partial charge is 0.192 e. The Morgan fingerprint density at radius 1 is 0.611 bits per heavy atom. The van der Waals surface area contributed by atoms with Crippen molar-refractivity contribution in [3.63, 3.8) is 0 Å². The molecule has 268 valence electrons. The van der Waals surface area contributed by atoms with Crippen LogP contribution in [0.1, 0.15) is 11.6 Å². The maximum atomic E-state index is 13.6. The third kappa shape index (κ3) is 7.07. The second kappa shape index (κ2) is 14.9. The zero-order valence-electron chi connectivity index (χ0n) is 28.7. The molecule has 0 amide bonds. The summed E-state index contributed by atoms with van der Waals surface area (Å²) in [6.07, 6.45) is 3.37.